The Hall–Kier alpha value is -1.01. The van der Waals surface area contributed by atoms with Gasteiger partial charge in [-0.05, 0) is 24.6 Å². The van der Waals surface area contributed by atoms with Crippen molar-refractivity contribution < 1.29 is 14.6 Å². The molecule has 3 N–H and O–H groups in total. The Morgan fingerprint density at radius 2 is 2.32 bits per heavy atom. The normalized spacial score (nSPS) is 21.6. The van der Waals surface area contributed by atoms with Crippen molar-refractivity contribution in [1.82, 2.24) is 5.32 Å². The Balaban J connectivity index is 0.00000180. The number of hydrogen-bond acceptors (Lipinski definition) is 4. The third kappa shape index (κ3) is 3.98. The number of benzene rings is 1. The highest BCUT2D eigenvalue weighted by Crippen LogP contribution is 2.27. The fourth-order valence-electron chi connectivity index (χ4n) is 1.89. The van der Waals surface area contributed by atoms with Crippen LogP contribution in [0.3, 0.4) is 0 Å². The molecule has 0 radical (unpaired) electrons. The minimum absolute atomic E-state index is 0. The first-order valence-corrected chi connectivity index (χ1v) is 6.04. The number of β-amino-alcohol motifs (C(OH)–C–C–N with tert-alkyl or cyclic N) is 1. The molecule has 1 fully saturated rings. The van der Waals surface area contributed by atoms with Crippen molar-refractivity contribution in [2.75, 3.05) is 19.0 Å². The summed E-state index contributed by atoms with van der Waals surface area (Å²) in [6.45, 7) is 0.446. The Bertz CT molecular complexity index is 457. The highest BCUT2D eigenvalue weighted by molar-refractivity contribution is 6.32. The van der Waals surface area contributed by atoms with Gasteiger partial charge >= 0.3 is 0 Å². The van der Waals surface area contributed by atoms with Crippen LogP contribution >= 0.6 is 24.0 Å². The highest BCUT2D eigenvalue weighted by Gasteiger charge is 2.27. The molecule has 0 spiro atoms. The molecule has 2 atom stereocenters. The number of halogens is 2. The van der Waals surface area contributed by atoms with E-state index in [1.54, 1.807) is 18.2 Å². The van der Waals surface area contributed by atoms with Crippen LogP contribution in [0.1, 0.15) is 6.42 Å². The summed E-state index contributed by atoms with van der Waals surface area (Å²) in [5, 5.41) is 15.5. The molecule has 0 saturated carbocycles. The maximum Gasteiger partial charge on any atom is 0.241 e. The number of aliphatic hydroxyl groups is 1. The first-order chi connectivity index (χ1) is 8.60. The molecule has 7 heteroatoms. The molecule has 19 heavy (non-hydrogen) atoms. The Labute approximate surface area is 122 Å². The molecule has 1 aromatic rings. The number of amides is 1. The van der Waals surface area contributed by atoms with E-state index in [1.807, 2.05) is 0 Å². The van der Waals surface area contributed by atoms with E-state index in [-0.39, 0.29) is 24.4 Å². The minimum atomic E-state index is -0.458. The smallest absolute Gasteiger partial charge is 0.241 e. The van der Waals surface area contributed by atoms with E-state index in [4.69, 9.17) is 16.3 Å². The van der Waals surface area contributed by atoms with Crippen molar-refractivity contribution in [3.8, 4) is 5.75 Å². The lowest BCUT2D eigenvalue weighted by Crippen LogP contribution is -2.35. The number of rotatable bonds is 3. The van der Waals surface area contributed by atoms with Gasteiger partial charge < -0.3 is 20.5 Å². The fraction of sp³-hybridized carbons (Fsp3) is 0.417. The van der Waals surface area contributed by atoms with Crippen LogP contribution in [0.25, 0.3) is 0 Å². The first kappa shape index (κ1) is 16.0. The van der Waals surface area contributed by atoms with Crippen molar-refractivity contribution in [1.29, 1.82) is 0 Å². The zero-order chi connectivity index (χ0) is 13.1. The van der Waals surface area contributed by atoms with Gasteiger partial charge in [0.1, 0.15) is 5.75 Å². The number of carbonyl (C=O) groups excluding carboxylic acids is 1. The van der Waals surface area contributed by atoms with E-state index in [0.29, 0.717) is 29.4 Å². The molecule has 1 saturated heterocycles. The van der Waals surface area contributed by atoms with Gasteiger partial charge in [0.15, 0.2) is 0 Å². The van der Waals surface area contributed by atoms with Gasteiger partial charge in [-0.15, -0.1) is 12.4 Å². The summed E-state index contributed by atoms with van der Waals surface area (Å²) < 4.78 is 5.03. The second kappa shape index (κ2) is 6.96. The SMILES string of the molecule is COc1ccc(NC(=O)C2CC(O)CN2)cc1Cl.Cl. The Kier molecular flexibility index (Phi) is 5.87. The van der Waals surface area contributed by atoms with Crippen LogP contribution in [0.4, 0.5) is 5.69 Å². The van der Waals surface area contributed by atoms with E-state index in [9.17, 15) is 9.90 Å². The van der Waals surface area contributed by atoms with Gasteiger partial charge in [-0.25, -0.2) is 0 Å². The van der Waals surface area contributed by atoms with Gasteiger partial charge in [-0.1, -0.05) is 11.6 Å². The largest absolute Gasteiger partial charge is 0.495 e. The van der Waals surface area contributed by atoms with Crippen LogP contribution in [0.2, 0.25) is 5.02 Å². The summed E-state index contributed by atoms with van der Waals surface area (Å²) in [6.07, 6.45) is -0.0318. The quantitative estimate of drug-likeness (QED) is 0.790. The predicted octanol–water partition coefficient (Wildman–Crippen LogP) is 1.43. The van der Waals surface area contributed by atoms with Crippen molar-refractivity contribution >= 4 is 35.6 Å². The van der Waals surface area contributed by atoms with Crippen molar-refractivity contribution in [3.05, 3.63) is 23.2 Å². The first-order valence-electron chi connectivity index (χ1n) is 5.66. The van der Waals surface area contributed by atoms with Crippen LogP contribution < -0.4 is 15.4 Å². The molecule has 0 bridgehead atoms. The standard InChI is InChI=1S/C12H15ClN2O3.ClH/c1-18-11-3-2-7(4-9(11)13)15-12(17)10-5-8(16)6-14-10;/h2-4,8,10,14,16H,5-6H2,1H3,(H,15,17);1H. The number of ether oxygens (including phenoxy) is 1. The topological polar surface area (TPSA) is 70.6 Å². The average molecular weight is 307 g/mol. The lowest BCUT2D eigenvalue weighted by atomic mass is 10.2. The third-order valence-corrected chi connectivity index (χ3v) is 3.14. The van der Waals surface area contributed by atoms with Gasteiger partial charge in [-0.3, -0.25) is 4.79 Å². The second-order valence-electron chi connectivity index (χ2n) is 4.19. The number of nitrogens with one attached hydrogen (secondary N) is 2. The summed E-state index contributed by atoms with van der Waals surface area (Å²) >= 11 is 5.96. The summed E-state index contributed by atoms with van der Waals surface area (Å²) in [4.78, 5) is 11.9. The van der Waals surface area contributed by atoms with Gasteiger partial charge in [0, 0.05) is 12.2 Å². The van der Waals surface area contributed by atoms with Crippen molar-refractivity contribution in [3.63, 3.8) is 0 Å². The Morgan fingerprint density at radius 3 is 2.84 bits per heavy atom. The molecule has 106 valence electrons. The molecule has 1 heterocycles. The molecular weight excluding hydrogens is 291 g/mol. The molecular formula is C12H16Cl2N2O3. The summed E-state index contributed by atoms with van der Waals surface area (Å²) in [7, 11) is 1.53. The maximum atomic E-state index is 11.9. The van der Waals surface area contributed by atoms with Crippen molar-refractivity contribution in [2.45, 2.75) is 18.6 Å². The minimum Gasteiger partial charge on any atom is -0.495 e. The molecule has 1 aliphatic heterocycles. The van der Waals surface area contributed by atoms with Crippen LogP contribution in [0.15, 0.2) is 18.2 Å². The Morgan fingerprint density at radius 1 is 1.58 bits per heavy atom. The highest BCUT2D eigenvalue weighted by atomic mass is 35.5. The van der Waals surface area contributed by atoms with Gasteiger partial charge in [0.25, 0.3) is 0 Å². The van der Waals surface area contributed by atoms with E-state index < -0.39 is 6.10 Å². The molecule has 0 aromatic heterocycles. The lowest BCUT2D eigenvalue weighted by molar-refractivity contribution is -0.117. The molecule has 1 amide bonds. The van der Waals surface area contributed by atoms with E-state index in [1.165, 1.54) is 7.11 Å². The van der Waals surface area contributed by atoms with E-state index >= 15 is 0 Å². The van der Waals surface area contributed by atoms with Gasteiger partial charge in [0.05, 0.1) is 24.3 Å². The summed E-state index contributed by atoms with van der Waals surface area (Å²) in [5.74, 6) is 0.386. The number of aliphatic hydroxyl groups excluding tert-OH is 1. The molecule has 5 nitrogen and oxygen atoms in total. The number of hydrogen-bond donors (Lipinski definition) is 3. The molecule has 1 aliphatic rings. The molecule has 2 unspecified atom stereocenters. The predicted molar refractivity (Wildman–Crippen MR) is 76.3 cm³/mol. The summed E-state index contributed by atoms with van der Waals surface area (Å²) in [6, 6.07) is 4.67. The van der Waals surface area contributed by atoms with E-state index in [2.05, 4.69) is 10.6 Å². The van der Waals surface area contributed by atoms with Crippen LogP contribution in [-0.2, 0) is 4.79 Å². The van der Waals surface area contributed by atoms with Crippen LogP contribution in [0.5, 0.6) is 5.75 Å². The lowest BCUT2D eigenvalue weighted by Gasteiger charge is -2.12. The number of methoxy groups -OCH3 is 1. The fourth-order valence-corrected chi connectivity index (χ4v) is 2.15. The zero-order valence-corrected chi connectivity index (χ0v) is 11.9. The monoisotopic (exact) mass is 306 g/mol. The third-order valence-electron chi connectivity index (χ3n) is 2.84. The maximum absolute atomic E-state index is 11.9. The van der Waals surface area contributed by atoms with Crippen LogP contribution in [0, 0.1) is 0 Å². The average Bonchev–Trinajstić information content (AvgIpc) is 2.76. The van der Waals surface area contributed by atoms with Crippen molar-refractivity contribution in [2.24, 2.45) is 0 Å². The molecule has 1 aromatic carbocycles. The molecule has 2 rings (SSSR count). The van der Waals surface area contributed by atoms with Gasteiger partial charge in [-0.2, -0.15) is 0 Å². The zero-order valence-electron chi connectivity index (χ0n) is 10.4. The number of carbonyl (C=O) groups is 1. The number of anilines is 1. The van der Waals surface area contributed by atoms with Gasteiger partial charge in [0.2, 0.25) is 5.91 Å². The summed E-state index contributed by atoms with van der Waals surface area (Å²) in [5.41, 5.74) is 0.606. The molecule has 0 aliphatic carbocycles. The van der Waals surface area contributed by atoms with Crippen LogP contribution in [-0.4, -0.2) is 36.8 Å². The van der Waals surface area contributed by atoms with E-state index in [0.717, 1.165) is 0 Å². The second-order valence-corrected chi connectivity index (χ2v) is 4.60.